The summed E-state index contributed by atoms with van der Waals surface area (Å²) in [6, 6.07) is 5.90. The van der Waals surface area contributed by atoms with Crippen molar-refractivity contribution < 1.29 is 23.5 Å². The minimum atomic E-state index is -0.916. The van der Waals surface area contributed by atoms with Gasteiger partial charge < -0.3 is 14.8 Å². The first kappa shape index (κ1) is 19.2. The minimum Gasteiger partial charge on any atom is -0.479 e. The molecule has 25 heavy (non-hydrogen) atoms. The average molecular weight is 351 g/mol. The second-order valence-electron chi connectivity index (χ2n) is 6.73. The van der Waals surface area contributed by atoms with E-state index in [9.17, 15) is 14.0 Å². The van der Waals surface area contributed by atoms with Gasteiger partial charge in [0, 0.05) is 6.04 Å². The van der Waals surface area contributed by atoms with E-state index >= 15 is 0 Å². The topological polar surface area (TPSA) is 64.6 Å². The Morgan fingerprint density at radius 3 is 2.72 bits per heavy atom. The standard InChI is InChI=1S/C19H26FNO4/c1-12-7-6-9-16(13(12)2)21-19(23)14(3)25-18(22)11-24-17-10-5-4-8-15(17)20/h4-5,8,10,12-14,16H,6-7,9,11H2,1-3H3,(H,21,23)/t12-,13+,14+,16-/m0/s1. The lowest BCUT2D eigenvalue weighted by Gasteiger charge is -2.35. The van der Waals surface area contributed by atoms with Gasteiger partial charge in [-0.3, -0.25) is 4.79 Å². The van der Waals surface area contributed by atoms with Crippen LogP contribution >= 0.6 is 0 Å². The fraction of sp³-hybridized carbons (Fsp3) is 0.579. The molecule has 5 nitrogen and oxygen atoms in total. The third-order valence-electron chi connectivity index (χ3n) is 4.89. The molecular formula is C19H26FNO4. The Morgan fingerprint density at radius 2 is 2.00 bits per heavy atom. The molecule has 0 bridgehead atoms. The number of amides is 1. The lowest BCUT2D eigenvalue weighted by molar-refractivity contribution is -0.157. The quantitative estimate of drug-likeness (QED) is 0.800. The summed E-state index contributed by atoms with van der Waals surface area (Å²) in [7, 11) is 0. The third kappa shape index (κ3) is 5.44. The summed E-state index contributed by atoms with van der Waals surface area (Å²) < 4.78 is 23.6. The molecule has 1 amide bonds. The van der Waals surface area contributed by atoms with Crippen molar-refractivity contribution in [2.45, 2.75) is 52.2 Å². The number of esters is 1. The van der Waals surface area contributed by atoms with E-state index in [0.717, 1.165) is 12.8 Å². The highest BCUT2D eigenvalue weighted by Crippen LogP contribution is 2.29. The van der Waals surface area contributed by atoms with Crippen LogP contribution < -0.4 is 10.1 Å². The number of rotatable bonds is 6. The van der Waals surface area contributed by atoms with E-state index in [1.54, 1.807) is 6.07 Å². The SMILES string of the molecule is C[C@H]1[C@@H](NC(=O)[C@@H](C)OC(=O)COc2ccccc2F)CCC[C@@H]1C. The first-order chi connectivity index (χ1) is 11.9. The third-order valence-corrected chi connectivity index (χ3v) is 4.89. The summed E-state index contributed by atoms with van der Waals surface area (Å²) in [5, 5.41) is 2.97. The van der Waals surface area contributed by atoms with Gasteiger partial charge in [-0.15, -0.1) is 0 Å². The van der Waals surface area contributed by atoms with Gasteiger partial charge in [-0.05, 0) is 37.3 Å². The normalized spacial score (nSPS) is 24.2. The number of hydrogen-bond donors (Lipinski definition) is 1. The van der Waals surface area contributed by atoms with Crippen molar-refractivity contribution in [1.82, 2.24) is 5.32 Å². The van der Waals surface area contributed by atoms with E-state index in [1.807, 2.05) is 0 Å². The minimum absolute atomic E-state index is 0.0263. The Balaban J connectivity index is 1.78. The molecule has 1 aliphatic rings. The first-order valence-electron chi connectivity index (χ1n) is 8.75. The zero-order chi connectivity index (χ0) is 18.4. The Bertz CT molecular complexity index is 607. The molecule has 1 aliphatic carbocycles. The van der Waals surface area contributed by atoms with Crippen LogP contribution in [0.1, 0.15) is 40.0 Å². The molecule has 138 valence electrons. The predicted molar refractivity (Wildman–Crippen MR) is 91.6 cm³/mol. The number of hydrogen-bond acceptors (Lipinski definition) is 4. The smallest absolute Gasteiger partial charge is 0.344 e. The molecule has 1 aromatic carbocycles. The van der Waals surface area contributed by atoms with Crippen LogP contribution in [0, 0.1) is 17.7 Å². The van der Waals surface area contributed by atoms with Crippen molar-refractivity contribution in [3.63, 3.8) is 0 Å². The van der Waals surface area contributed by atoms with E-state index in [0.29, 0.717) is 11.8 Å². The summed E-state index contributed by atoms with van der Waals surface area (Å²) in [6.45, 7) is 5.39. The molecule has 1 fully saturated rings. The number of halogens is 1. The van der Waals surface area contributed by atoms with E-state index < -0.39 is 24.5 Å². The fourth-order valence-electron chi connectivity index (χ4n) is 3.07. The van der Waals surface area contributed by atoms with Crippen molar-refractivity contribution in [3.8, 4) is 5.75 Å². The maximum atomic E-state index is 13.4. The number of carbonyl (C=O) groups excluding carboxylic acids is 2. The summed E-state index contributed by atoms with van der Waals surface area (Å²) in [4.78, 5) is 24.0. The number of benzene rings is 1. The number of nitrogens with one attached hydrogen (secondary N) is 1. The van der Waals surface area contributed by atoms with Gasteiger partial charge in [-0.2, -0.15) is 0 Å². The summed E-state index contributed by atoms with van der Waals surface area (Å²) in [5.74, 6) is -0.653. The van der Waals surface area contributed by atoms with Crippen LogP contribution in [0.4, 0.5) is 4.39 Å². The largest absolute Gasteiger partial charge is 0.479 e. The molecule has 0 saturated heterocycles. The molecule has 2 rings (SSSR count). The summed E-state index contributed by atoms with van der Waals surface area (Å²) >= 11 is 0. The maximum absolute atomic E-state index is 13.4. The molecule has 0 radical (unpaired) electrons. The van der Waals surface area contributed by atoms with Crippen molar-refractivity contribution in [2.24, 2.45) is 11.8 Å². The molecule has 0 heterocycles. The maximum Gasteiger partial charge on any atom is 0.344 e. The summed E-state index contributed by atoms with van der Waals surface area (Å²) in [5.41, 5.74) is 0. The monoisotopic (exact) mass is 351 g/mol. The van der Waals surface area contributed by atoms with Gasteiger partial charge in [0.25, 0.3) is 5.91 Å². The van der Waals surface area contributed by atoms with Crippen LogP contribution in [0.3, 0.4) is 0 Å². The van der Waals surface area contributed by atoms with Crippen LogP contribution in [0.15, 0.2) is 24.3 Å². The Kier molecular flexibility index (Phi) is 6.79. The Morgan fingerprint density at radius 1 is 1.28 bits per heavy atom. The van der Waals surface area contributed by atoms with Crippen molar-refractivity contribution in [1.29, 1.82) is 0 Å². The van der Waals surface area contributed by atoms with Gasteiger partial charge in [-0.25, -0.2) is 9.18 Å². The van der Waals surface area contributed by atoms with Crippen molar-refractivity contribution in [3.05, 3.63) is 30.1 Å². The average Bonchev–Trinajstić information content (AvgIpc) is 2.58. The van der Waals surface area contributed by atoms with Gasteiger partial charge in [0.2, 0.25) is 0 Å². The van der Waals surface area contributed by atoms with Gasteiger partial charge >= 0.3 is 5.97 Å². The fourth-order valence-corrected chi connectivity index (χ4v) is 3.07. The van der Waals surface area contributed by atoms with Crippen LogP contribution in [0.2, 0.25) is 0 Å². The van der Waals surface area contributed by atoms with Gasteiger partial charge in [0.05, 0.1) is 0 Å². The molecule has 0 aromatic heterocycles. The van der Waals surface area contributed by atoms with Crippen molar-refractivity contribution >= 4 is 11.9 Å². The molecule has 4 atom stereocenters. The van der Waals surface area contributed by atoms with E-state index in [2.05, 4.69) is 19.2 Å². The molecule has 1 N–H and O–H groups in total. The van der Waals surface area contributed by atoms with Crippen LogP contribution in [-0.2, 0) is 14.3 Å². The second-order valence-corrected chi connectivity index (χ2v) is 6.73. The predicted octanol–water partition coefficient (Wildman–Crippen LogP) is 3.08. The molecule has 1 saturated carbocycles. The highest BCUT2D eigenvalue weighted by molar-refractivity contribution is 5.83. The van der Waals surface area contributed by atoms with Crippen LogP contribution in [0.25, 0.3) is 0 Å². The molecule has 0 spiro atoms. The van der Waals surface area contributed by atoms with Gasteiger partial charge in [-0.1, -0.05) is 38.8 Å². The Labute approximate surface area is 147 Å². The molecule has 0 aliphatic heterocycles. The lowest BCUT2D eigenvalue weighted by Crippen LogP contribution is -2.47. The number of ether oxygens (including phenoxy) is 2. The van der Waals surface area contributed by atoms with Gasteiger partial charge in [0.15, 0.2) is 24.3 Å². The van der Waals surface area contributed by atoms with E-state index in [-0.39, 0.29) is 17.7 Å². The lowest BCUT2D eigenvalue weighted by atomic mass is 9.78. The zero-order valence-electron chi connectivity index (χ0n) is 15.0. The second kappa shape index (κ2) is 8.83. The highest BCUT2D eigenvalue weighted by atomic mass is 19.1. The molecule has 0 unspecified atom stereocenters. The van der Waals surface area contributed by atoms with Crippen LogP contribution in [0.5, 0.6) is 5.75 Å². The van der Waals surface area contributed by atoms with Crippen LogP contribution in [-0.4, -0.2) is 30.6 Å². The molecule has 1 aromatic rings. The Hall–Kier alpha value is -2.11. The van der Waals surface area contributed by atoms with Crippen molar-refractivity contribution in [2.75, 3.05) is 6.61 Å². The zero-order valence-corrected chi connectivity index (χ0v) is 15.0. The van der Waals surface area contributed by atoms with E-state index in [4.69, 9.17) is 9.47 Å². The summed E-state index contributed by atoms with van der Waals surface area (Å²) in [6.07, 6.45) is 2.28. The van der Waals surface area contributed by atoms with E-state index in [1.165, 1.54) is 31.5 Å². The molecule has 6 heteroatoms. The first-order valence-corrected chi connectivity index (χ1v) is 8.75. The number of para-hydroxylation sites is 1. The highest BCUT2D eigenvalue weighted by Gasteiger charge is 2.30. The molecular weight excluding hydrogens is 325 g/mol. The van der Waals surface area contributed by atoms with Gasteiger partial charge in [0.1, 0.15) is 0 Å². The number of carbonyl (C=O) groups is 2.